The first-order valence-corrected chi connectivity index (χ1v) is 8.96. The normalized spacial score (nSPS) is 11.5. The molecule has 0 aliphatic heterocycles. The van der Waals surface area contributed by atoms with Gasteiger partial charge < -0.3 is 4.90 Å². The van der Waals surface area contributed by atoms with Crippen LogP contribution in [-0.2, 0) is 13.1 Å². The fourth-order valence-electron chi connectivity index (χ4n) is 3.27. The molecule has 7 heteroatoms. The third-order valence-corrected chi connectivity index (χ3v) is 4.53. The van der Waals surface area contributed by atoms with Gasteiger partial charge in [0.2, 0.25) is 0 Å². The number of carbonyl (C=O) groups excluding carboxylic acids is 1. The molecule has 26 heavy (non-hydrogen) atoms. The number of aromatic nitrogens is 5. The predicted molar refractivity (Wildman–Crippen MR) is 101 cm³/mol. The zero-order chi connectivity index (χ0) is 19.0. The van der Waals surface area contributed by atoms with E-state index in [-0.39, 0.29) is 11.9 Å². The minimum absolute atomic E-state index is 0.0317. The van der Waals surface area contributed by atoms with Gasteiger partial charge in [0.25, 0.3) is 5.91 Å². The lowest BCUT2D eigenvalue weighted by Gasteiger charge is -2.19. The molecule has 0 saturated carbocycles. The van der Waals surface area contributed by atoms with E-state index in [1.54, 1.807) is 11.1 Å². The molecule has 0 unspecified atom stereocenters. The van der Waals surface area contributed by atoms with Crippen molar-refractivity contribution >= 4 is 16.9 Å². The van der Waals surface area contributed by atoms with E-state index >= 15 is 0 Å². The lowest BCUT2D eigenvalue weighted by Crippen LogP contribution is -2.28. The van der Waals surface area contributed by atoms with Gasteiger partial charge in [-0.3, -0.25) is 9.48 Å². The molecule has 3 aromatic heterocycles. The van der Waals surface area contributed by atoms with E-state index in [4.69, 9.17) is 0 Å². The second-order valence-corrected chi connectivity index (χ2v) is 6.93. The van der Waals surface area contributed by atoms with Crippen LogP contribution in [0, 0.1) is 13.8 Å². The predicted octanol–water partition coefficient (Wildman–Crippen LogP) is 3.12. The smallest absolute Gasteiger partial charge is 0.254 e. The molecule has 0 saturated heterocycles. The molecule has 0 bridgehead atoms. The molecule has 0 N–H and O–H groups in total. The Hall–Kier alpha value is -2.70. The number of hydrogen-bond acceptors (Lipinski definition) is 4. The highest BCUT2D eigenvalue weighted by molar-refractivity contribution is 6.06. The van der Waals surface area contributed by atoms with E-state index in [1.807, 2.05) is 49.3 Å². The molecule has 3 heterocycles. The molecule has 0 spiro atoms. The second-order valence-electron chi connectivity index (χ2n) is 6.93. The lowest BCUT2D eigenvalue weighted by atomic mass is 10.1. The Morgan fingerprint density at radius 1 is 1.31 bits per heavy atom. The van der Waals surface area contributed by atoms with Crippen LogP contribution in [0.3, 0.4) is 0 Å². The summed E-state index contributed by atoms with van der Waals surface area (Å²) in [6, 6.07) is 3.99. The first-order valence-electron chi connectivity index (χ1n) is 8.96. The summed E-state index contributed by atoms with van der Waals surface area (Å²) in [6.07, 6.45) is 1.77. The Morgan fingerprint density at radius 3 is 2.69 bits per heavy atom. The molecule has 7 nitrogen and oxygen atoms in total. The number of amides is 1. The third kappa shape index (κ3) is 3.09. The maximum Gasteiger partial charge on any atom is 0.254 e. The summed E-state index contributed by atoms with van der Waals surface area (Å²) in [5.41, 5.74) is 4.08. The van der Waals surface area contributed by atoms with Crippen LogP contribution in [0.2, 0.25) is 0 Å². The molecule has 138 valence electrons. The second kappa shape index (κ2) is 6.90. The van der Waals surface area contributed by atoms with E-state index < -0.39 is 0 Å². The van der Waals surface area contributed by atoms with E-state index in [1.165, 1.54) is 0 Å². The molecule has 0 aliphatic rings. The Labute approximate surface area is 153 Å². The van der Waals surface area contributed by atoms with Crippen LogP contribution in [0.5, 0.6) is 0 Å². The van der Waals surface area contributed by atoms with E-state index in [0.717, 1.165) is 34.7 Å². The van der Waals surface area contributed by atoms with Crippen molar-refractivity contribution in [3.8, 4) is 0 Å². The van der Waals surface area contributed by atoms with Crippen LogP contribution in [0.15, 0.2) is 18.3 Å². The Morgan fingerprint density at radius 2 is 2.04 bits per heavy atom. The molecule has 3 rings (SSSR count). The summed E-state index contributed by atoms with van der Waals surface area (Å²) < 4.78 is 3.79. The first kappa shape index (κ1) is 18.1. The zero-order valence-electron chi connectivity index (χ0n) is 16.3. The summed E-state index contributed by atoms with van der Waals surface area (Å²) in [5.74, 6) is -0.0317. The van der Waals surface area contributed by atoms with Gasteiger partial charge >= 0.3 is 0 Å². The molecular formula is C19H26N6O. The van der Waals surface area contributed by atoms with E-state index in [2.05, 4.69) is 29.0 Å². The monoisotopic (exact) mass is 354 g/mol. The zero-order valence-corrected chi connectivity index (χ0v) is 16.3. The maximum atomic E-state index is 13.2. The number of nitrogens with zero attached hydrogens (tertiary/aromatic N) is 6. The molecular weight excluding hydrogens is 328 g/mol. The van der Waals surface area contributed by atoms with Gasteiger partial charge in [-0.15, -0.1) is 0 Å². The summed E-state index contributed by atoms with van der Waals surface area (Å²) in [4.78, 5) is 19.6. The number of aryl methyl sites for hydroxylation is 3. The summed E-state index contributed by atoms with van der Waals surface area (Å²) in [6.45, 7) is 11.3. The van der Waals surface area contributed by atoms with Gasteiger partial charge in [-0.25, -0.2) is 9.67 Å². The quantitative estimate of drug-likeness (QED) is 0.706. The average Bonchev–Trinajstić information content (AvgIpc) is 3.17. The Kier molecular flexibility index (Phi) is 4.80. The van der Waals surface area contributed by atoms with Gasteiger partial charge in [0.05, 0.1) is 28.9 Å². The SMILES string of the molecule is CCn1nccc1CN(C)C(=O)c1cc(C)nc2c1c(C)nn2C(C)C. The minimum atomic E-state index is -0.0317. The molecule has 3 aromatic rings. The molecule has 0 fully saturated rings. The van der Waals surface area contributed by atoms with Crippen molar-refractivity contribution in [1.29, 1.82) is 0 Å². The van der Waals surface area contributed by atoms with E-state index in [9.17, 15) is 4.79 Å². The van der Waals surface area contributed by atoms with Crippen LogP contribution in [0.4, 0.5) is 0 Å². The highest BCUT2D eigenvalue weighted by Crippen LogP contribution is 2.25. The number of carbonyl (C=O) groups is 1. The first-order chi connectivity index (χ1) is 12.3. The van der Waals surface area contributed by atoms with Crippen LogP contribution >= 0.6 is 0 Å². The van der Waals surface area contributed by atoms with Crippen LogP contribution in [0.1, 0.15) is 54.3 Å². The van der Waals surface area contributed by atoms with Crippen LogP contribution in [-0.4, -0.2) is 42.4 Å². The Balaban J connectivity index is 2.02. The van der Waals surface area contributed by atoms with Crippen LogP contribution < -0.4 is 0 Å². The lowest BCUT2D eigenvalue weighted by molar-refractivity contribution is 0.0783. The largest absolute Gasteiger partial charge is 0.336 e. The van der Waals surface area contributed by atoms with Crippen molar-refractivity contribution in [2.75, 3.05) is 7.05 Å². The molecule has 0 aliphatic carbocycles. The van der Waals surface area contributed by atoms with Gasteiger partial charge in [-0.2, -0.15) is 10.2 Å². The van der Waals surface area contributed by atoms with Gasteiger partial charge in [0, 0.05) is 31.5 Å². The minimum Gasteiger partial charge on any atom is -0.336 e. The van der Waals surface area contributed by atoms with Gasteiger partial charge in [-0.05, 0) is 46.8 Å². The Bertz CT molecular complexity index is 952. The fraction of sp³-hybridized carbons (Fsp3) is 0.474. The van der Waals surface area contributed by atoms with Crippen molar-refractivity contribution < 1.29 is 4.79 Å². The number of hydrogen-bond donors (Lipinski definition) is 0. The average molecular weight is 354 g/mol. The van der Waals surface area contributed by atoms with Gasteiger partial charge in [-0.1, -0.05) is 0 Å². The summed E-state index contributed by atoms with van der Waals surface area (Å²) in [5, 5.41) is 9.72. The summed E-state index contributed by atoms with van der Waals surface area (Å²) >= 11 is 0. The van der Waals surface area contributed by atoms with Crippen molar-refractivity contribution in [2.24, 2.45) is 0 Å². The van der Waals surface area contributed by atoms with Crippen molar-refractivity contribution in [3.05, 3.63) is 41.0 Å². The molecule has 1 amide bonds. The number of fused-ring (bicyclic) bond motifs is 1. The van der Waals surface area contributed by atoms with Gasteiger partial charge in [0.1, 0.15) is 0 Å². The maximum absolute atomic E-state index is 13.2. The molecule has 0 aromatic carbocycles. The number of pyridine rings is 1. The van der Waals surface area contributed by atoms with Crippen molar-refractivity contribution in [1.82, 2.24) is 29.4 Å². The topological polar surface area (TPSA) is 68.8 Å². The third-order valence-electron chi connectivity index (χ3n) is 4.53. The molecule has 0 radical (unpaired) electrons. The van der Waals surface area contributed by atoms with Crippen molar-refractivity contribution in [3.63, 3.8) is 0 Å². The van der Waals surface area contributed by atoms with Gasteiger partial charge in [0.15, 0.2) is 5.65 Å². The highest BCUT2D eigenvalue weighted by Gasteiger charge is 2.22. The fourth-order valence-corrected chi connectivity index (χ4v) is 3.27. The highest BCUT2D eigenvalue weighted by atomic mass is 16.2. The van der Waals surface area contributed by atoms with Crippen molar-refractivity contribution in [2.45, 2.75) is 53.8 Å². The van der Waals surface area contributed by atoms with E-state index in [0.29, 0.717) is 12.1 Å². The van der Waals surface area contributed by atoms with Crippen LogP contribution in [0.25, 0.3) is 11.0 Å². The standard InChI is InChI=1S/C19H26N6O/c1-7-24-15(8-9-20-24)11-23(6)19(26)16-10-13(4)21-18-17(16)14(5)22-25(18)12(2)3/h8-10,12H,7,11H2,1-6H3. The summed E-state index contributed by atoms with van der Waals surface area (Å²) in [7, 11) is 1.82. The molecule has 0 atom stereocenters. The number of rotatable bonds is 5.